The first-order chi connectivity index (χ1) is 6.50. The Bertz CT molecular complexity index is 317. The molecule has 0 amide bonds. The number of ketones is 1. The second kappa shape index (κ2) is 4.42. The first-order valence-electron chi connectivity index (χ1n) is 4.76. The number of nitrogens with zero attached hydrogens (tertiary/aromatic N) is 1. The van der Waals surface area contributed by atoms with Crippen LogP contribution in [0.2, 0.25) is 0 Å². The van der Waals surface area contributed by atoms with Crippen LogP contribution in [0.25, 0.3) is 0 Å². The van der Waals surface area contributed by atoms with Crippen LogP contribution in [0.5, 0.6) is 0 Å². The number of aryl methyl sites for hydroxylation is 1. The highest BCUT2D eigenvalue weighted by molar-refractivity contribution is 5.80. The molecule has 0 radical (unpaired) electrons. The molecule has 0 saturated heterocycles. The quantitative estimate of drug-likeness (QED) is 0.736. The molecule has 1 rings (SSSR count). The van der Waals surface area contributed by atoms with Crippen LogP contribution in [0.4, 0.5) is 0 Å². The summed E-state index contributed by atoms with van der Waals surface area (Å²) in [6.45, 7) is 6.10. The average molecular weight is 195 g/mol. The van der Waals surface area contributed by atoms with E-state index in [1.165, 1.54) is 0 Å². The summed E-state index contributed by atoms with van der Waals surface area (Å²) in [5.41, 5.74) is 0. The van der Waals surface area contributed by atoms with Gasteiger partial charge in [0.2, 0.25) is 0 Å². The Hall–Kier alpha value is -1.09. The van der Waals surface area contributed by atoms with Crippen LogP contribution in [0.3, 0.4) is 0 Å². The number of carbonyl (C=O) groups is 1. The van der Waals surface area contributed by atoms with Gasteiger partial charge in [0.25, 0.3) is 0 Å². The highest BCUT2D eigenvalue weighted by Gasteiger charge is 2.14. The van der Waals surface area contributed by atoms with Crippen molar-refractivity contribution in [3.63, 3.8) is 0 Å². The van der Waals surface area contributed by atoms with Crippen molar-refractivity contribution in [2.45, 2.75) is 33.4 Å². The van der Waals surface area contributed by atoms with E-state index in [2.05, 4.69) is 0 Å². The van der Waals surface area contributed by atoms with Crippen molar-refractivity contribution in [3.05, 3.63) is 23.7 Å². The van der Waals surface area contributed by atoms with Crippen molar-refractivity contribution in [2.24, 2.45) is 0 Å². The molecule has 0 bridgehead atoms. The third kappa shape index (κ3) is 2.70. The molecular weight excluding hydrogens is 178 g/mol. The maximum Gasteiger partial charge on any atom is 0.146 e. The van der Waals surface area contributed by atoms with Crippen LogP contribution < -0.4 is 0 Å². The minimum atomic E-state index is -0.0552. The number of hydrogen-bond donors (Lipinski definition) is 0. The molecule has 1 unspecified atom stereocenters. The van der Waals surface area contributed by atoms with Gasteiger partial charge < -0.3 is 4.42 Å². The Labute approximate surface area is 84.7 Å². The molecule has 0 aliphatic rings. The number of likely N-dealkylation sites (N-methyl/N-ethyl adjacent to an activating group) is 1. The molecule has 0 aromatic carbocycles. The summed E-state index contributed by atoms with van der Waals surface area (Å²) in [7, 11) is 1.92. The highest BCUT2D eigenvalue weighted by Crippen LogP contribution is 2.10. The summed E-state index contributed by atoms with van der Waals surface area (Å²) in [4.78, 5) is 13.1. The molecule has 1 aromatic rings. The predicted octanol–water partition coefficient (Wildman–Crippen LogP) is 2.00. The summed E-state index contributed by atoms with van der Waals surface area (Å²) >= 11 is 0. The first kappa shape index (κ1) is 11.0. The molecule has 0 saturated carbocycles. The summed E-state index contributed by atoms with van der Waals surface area (Å²) in [6.07, 6.45) is 0. The Morgan fingerprint density at radius 3 is 2.64 bits per heavy atom. The number of carbonyl (C=O) groups excluding carboxylic acids is 1. The number of Topliss-reactive ketones (excluding diaryl/α,β-unsaturated/α-hetero) is 1. The second-order valence-corrected chi connectivity index (χ2v) is 3.71. The van der Waals surface area contributed by atoms with Crippen LogP contribution >= 0.6 is 0 Å². The van der Waals surface area contributed by atoms with Crippen molar-refractivity contribution in [2.75, 3.05) is 7.05 Å². The fourth-order valence-corrected chi connectivity index (χ4v) is 1.26. The standard InChI is InChI=1S/C11H17NO2/c1-8-5-6-11(14-8)7-12(4)9(2)10(3)13/h5-6,9H,7H2,1-4H3. The fourth-order valence-electron chi connectivity index (χ4n) is 1.26. The molecule has 1 atom stereocenters. The lowest BCUT2D eigenvalue weighted by Gasteiger charge is -2.20. The lowest BCUT2D eigenvalue weighted by atomic mass is 10.2. The Morgan fingerprint density at radius 1 is 1.57 bits per heavy atom. The second-order valence-electron chi connectivity index (χ2n) is 3.71. The van der Waals surface area contributed by atoms with E-state index in [9.17, 15) is 4.79 Å². The third-order valence-corrected chi connectivity index (χ3v) is 2.45. The van der Waals surface area contributed by atoms with Gasteiger partial charge in [0, 0.05) is 0 Å². The van der Waals surface area contributed by atoms with E-state index in [4.69, 9.17) is 4.42 Å². The zero-order chi connectivity index (χ0) is 10.7. The molecule has 14 heavy (non-hydrogen) atoms. The Kier molecular flexibility index (Phi) is 3.47. The van der Waals surface area contributed by atoms with Gasteiger partial charge in [-0.05, 0) is 40.0 Å². The molecule has 0 N–H and O–H groups in total. The van der Waals surface area contributed by atoms with E-state index in [1.807, 2.05) is 37.9 Å². The van der Waals surface area contributed by atoms with E-state index < -0.39 is 0 Å². The molecule has 3 nitrogen and oxygen atoms in total. The molecule has 0 aliphatic heterocycles. The number of furan rings is 1. The number of rotatable bonds is 4. The predicted molar refractivity (Wildman–Crippen MR) is 55.1 cm³/mol. The zero-order valence-corrected chi connectivity index (χ0v) is 9.20. The van der Waals surface area contributed by atoms with Crippen molar-refractivity contribution in [1.29, 1.82) is 0 Å². The largest absolute Gasteiger partial charge is 0.465 e. The fraction of sp³-hybridized carbons (Fsp3) is 0.545. The number of hydrogen-bond acceptors (Lipinski definition) is 3. The van der Waals surface area contributed by atoms with Crippen LogP contribution in [0.1, 0.15) is 25.4 Å². The third-order valence-electron chi connectivity index (χ3n) is 2.45. The van der Waals surface area contributed by atoms with Crippen LogP contribution in [-0.2, 0) is 11.3 Å². The summed E-state index contributed by atoms with van der Waals surface area (Å²) in [5, 5.41) is 0. The van der Waals surface area contributed by atoms with Crippen molar-refractivity contribution in [3.8, 4) is 0 Å². The van der Waals surface area contributed by atoms with Crippen LogP contribution in [0, 0.1) is 6.92 Å². The summed E-state index contributed by atoms with van der Waals surface area (Å²) in [6, 6.07) is 3.82. The Balaban J connectivity index is 2.56. The minimum Gasteiger partial charge on any atom is -0.465 e. The van der Waals surface area contributed by atoms with Crippen LogP contribution in [-0.4, -0.2) is 23.8 Å². The summed E-state index contributed by atoms with van der Waals surface area (Å²) < 4.78 is 5.43. The average Bonchev–Trinajstić information content (AvgIpc) is 2.49. The van der Waals surface area contributed by atoms with Crippen molar-refractivity contribution >= 4 is 5.78 Å². The molecule has 78 valence electrons. The van der Waals surface area contributed by atoms with E-state index in [-0.39, 0.29) is 11.8 Å². The van der Waals surface area contributed by atoms with E-state index >= 15 is 0 Å². The molecule has 0 aliphatic carbocycles. The van der Waals surface area contributed by atoms with Crippen molar-refractivity contribution < 1.29 is 9.21 Å². The van der Waals surface area contributed by atoms with E-state index in [1.54, 1.807) is 6.92 Å². The van der Waals surface area contributed by atoms with Gasteiger partial charge in [0.15, 0.2) is 0 Å². The van der Waals surface area contributed by atoms with E-state index in [0.717, 1.165) is 11.5 Å². The maximum absolute atomic E-state index is 11.1. The van der Waals surface area contributed by atoms with Gasteiger partial charge in [-0.25, -0.2) is 0 Å². The maximum atomic E-state index is 11.1. The van der Waals surface area contributed by atoms with Gasteiger partial charge in [-0.3, -0.25) is 9.69 Å². The minimum absolute atomic E-state index is 0.0552. The van der Waals surface area contributed by atoms with Gasteiger partial charge in [-0.15, -0.1) is 0 Å². The monoisotopic (exact) mass is 195 g/mol. The zero-order valence-electron chi connectivity index (χ0n) is 9.20. The molecule has 3 heteroatoms. The van der Waals surface area contributed by atoms with E-state index in [0.29, 0.717) is 6.54 Å². The van der Waals surface area contributed by atoms with Crippen molar-refractivity contribution in [1.82, 2.24) is 4.90 Å². The molecule has 1 aromatic heterocycles. The topological polar surface area (TPSA) is 33.5 Å². The Morgan fingerprint density at radius 2 is 2.21 bits per heavy atom. The highest BCUT2D eigenvalue weighted by atomic mass is 16.3. The smallest absolute Gasteiger partial charge is 0.146 e. The van der Waals surface area contributed by atoms with Gasteiger partial charge >= 0.3 is 0 Å². The van der Waals surface area contributed by atoms with Gasteiger partial charge in [0.05, 0.1) is 12.6 Å². The summed E-state index contributed by atoms with van der Waals surface area (Å²) in [5.74, 6) is 1.98. The first-order valence-corrected chi connectivity index (χ1v) is 4.76. The molecular formula is C11H17NO2. The lowest BCUT2D eigenvalue weighted by Crippen LogP contribution is -2.33. The normalized spacial score (nSPS) is 13.2. The molecule has 0 spiro atoms. The lowest BCUT2D eigenvalue weighted by molar-refractivity contribution is -0.121. The van der Waals surface area contributed by atoms with Gasteiger partial charge in [-0.2, -0.15) is 0 Å². The van der Waals surface area contributed by atoms with Crippen LogP contribution in [0.15, 0.2) is 16.5 Å². The van der Waals surface area contributed by atoms with Gasteiger partial charge in [-0.1, -0.05) is 0 Å². The SMILES string of the molecule is CC(=O)C(C)N(C)Cc1ccc(C)o1. The van der Waals surface area contributed by atoms with Gasteiger partial charge in [0.1, 0.15) is 17.3 Å². The molecule has 0 fully saturated rings. The molecule has 1 heterocycles.